The molecule has 5 heterocycles. The minimum atomic E-state index is -0.699. The van der Waals surface area contributed by atoms with Gasteiger partial charge in [-0.2, -0.15) is 5.10 Å². The van der Waals surface area contributed by atoms with Crippen molar-refractivity contribution in [2.24, 2.45) is 5.92 Å². The fraction of sp³-hybridized carbons (Fsp3) is 0.559. The lowest BCUT2D eigenvalue weighted by atomic mass is 9.86. The van der Waals surface area contributed by atoms with E-state index in [-0.39, 0.29) is 18.2 Å². The van der Waals surface area contributed by atoms with Crippen LogP contribution in [0.25, 0.3) is 21.1 Å². The van der Waals surface area contributed by atoms with E-state index in [9.17, 15) is 9.59 Å². The van der Waals surface area contributed by atoms with Crippen LogP contribution in [-0.4, -0.2) is 74.7 Å². The highest BCUT2D eigenvalue weighted by Crippen LogP contribution is 2.40. The molecule has 1 aliphatic carbocycles. The summed E-state index contributed by atoms with van der Waals surface area (Å²) < 4.78 is 8.90. The molecule has 2 aliphatic heterocycles. The molecule has 7 rings (SSSR count). The zero-order valence-corrected chi connectivity index (χ0v) is 27.8. The number of ether oxygens (including phenoxy) is 1. The molecule has 2 saturated heterocycles. The maximum absolute atomic E-state index is 13.9. The number of rotatable bonds is 5. The standard InChI is InChI=1S/C34H44N8O3S/c1-20-7-13-27(22-10-14-28-25(16-22)39-33(46-28)21-8-11-23(12-9-21)40(2)3)41(19-20)34(44)32(43)38-26-18-36-31(35)24-17-37-42(30(24)26)29-6-4-5-15-45-29/h10,14,16-18,20-21,23,27,29H,4-9,11-13,15,19H2,1-3H3,(H2,35,36)(H,38,43). The predicted octanol–water partition coefficient (Wildman–Crippen LogP) is 5.85. The summed E-state index contributed by atoms with van der Waals surface area (Å²) in [5.74, 6) is -0.152. The van der Waals surface area contributed by atoms with Crippen LogP contribution in [0.2, 0.25) is 0 Å². The van der Waals surface area contributed by atoms with E-state index in [0.717, 1.165) is 56.0 Å². The summed E-state index contributed by atoms with van der Waals surface area (Å²) in [4.78, 5) is 41.0. The number of hydrogen-bond donors (Lipinski definition) is 2. The van der Waals surface area contributed by atoms with Gasteiger partial charge in [0.25, 0.3) is 0 Å². The molecule has 3 N–H and O–H groups in total. The number of anilines is 2. The normalized spacial score (nSPS) is 25.7. The van der Waals surface area contributed by atoms with Gasteiger partial charge in [0.1, 0.15) is 11.3 Å². The van der Waals surface area contributed by atoms with Crippen molar-refractivity contribution < 1.29 is 14.3 Å². The number of fused-ring (bicyclic) bond motifs is 2. The number of nitrogens with one attached hydrogen (secondary N) is 1. The Kier molecular flexibility index (Phi) is 8.69. The molecule has 1 aromatic carbocycles. The van der Waals surface area contributed by atoms with Crippen molar-refractivity contribution in [3.63, 3.8) is 0 Å². The topological polar surface area (TPSA) is 132 Å². The third-order valence-corrected chi connectivity index (χ3v) is 11.4. The Morgan fingerprint density at radius 3 is 2.65 bits per heavy atom. The van der Waals surface area contributed by atoms with Crippen LogP contribution in [-0.2, 0) is 14.3 Å². The van der Waals surface area contributed by atoms with Crippen LogP contribution < -0.4 is 11.1 Å². The molecule has 0 bridgehead atoms. The zero-order chi connectivity index (χ0) is 31.9. The first-order valence-electron chi connectivity index (χ1n) is 16.7. The molecule has 1 saturated carbocycles. The summed E-state index contributed by atoms with van der Waals surface area (Å²) in [6.45, 7) is 3.29. The molecule has 0 radical (unpaired) electrons. The molecular formula is C34H44N8O3S. The Bertz CT molecular complexity index is 1740. The van der Waals surface area contributed by atoms with Crippen LogP contribution in [0.3, 0.4) is 0 Å². The van der Waals surface area contributed by atoms with Gasteiger partial charge in [-0.15, -0.1) is 11.3 Å². The van der Waals surface area contributed by atoms with Crippen molar-refractivity contribution in [1.29, 1.82) is 0 Å². The number of likely N-dealkylation sites (tertiary alicyclic amines) is 1. The molecule has 3 unspecified atom stereocenters. The van der Waals surface area contributed by atoms with Gasteiger partial charge in [-0.3, -0.25) is 9.59 Å². The molecule has 2 amide bonds. The van der Waals surface area contributed by atoms with E-state index >= 15 is 0 Å². The zero-order valence-electron chi connectivity index (χ0n) is 26.9. The minimum absolute atomic E-state index is 0.203. The van der Waals surface area contributed by atoms with Crippen LogP contribution in [0.4, 0.5) is 11.5 Å². The summed E-state index contributed by atoms with van der Waals surface area (Å²) in [5.41, 5.74) is 9.19. The summed E-state index contributed by atoms with van der Waals surface area (Å²) in [7, 11) is 4.34. The highest BCUT2D eigenvalue weighted by molar-refractivity contribution is 7.18. The van der Waals surface area contributed by atoms with Gasteiger partial charge in [0.2, 0.25) is 0 Å². The number of hydrogen-bond acceptors (Lipinski definition) is 9. The molecule has 12 heteroatoms. The third-order valence-electron chi connectivity index (χ3n) is 10.2. The van der Waals surface area contributed by atoms with Gasteiger partial charge in [-0.1, -0.05) is 13.0 Å². The third kappa shape index (κ3) is 5.98. The average Bonchev–Trinajstić information content (AvgIpc) is 3.72. The molecule has 3 aromatic heterocycles. The number of pyridine rings is 1. The minimum Gasteiger partial charge on any atom is -0.383 e. The fourth-order valence-corrected chi connectivity index (χ4v) is 8.64. The Balaban J connectivity index is 1.12. The Labute approximate surface area is 273 Å². The molecule has 46 heavy (non-hydrogen) atoms. The highest BCUT2D eigenvalue weighted by Gasteiger charge is 2.35. The van der Waals surface area contributed by atoms with E-state index in [1.54, 1.807) is 27.1 Å². The average molecular weight is 645 g/mol. The molecular weight excluding hydrogens is 600 g/mol. The van der Waals surface area contributed by atoms with Crippen molar-refractivity contribution >= 4 is 55.8 Å². The van der Waals surface area contributed by atoms with Crippen molar-refractivity contribution in [3.05, 3.63) is 41.2 Å². The summed E-state index contributed by atoms with van der Waals surface area (Å²) in [5, 5.41) is 9.23. The number of nitrogen functional groups attached to an aromatic ring is 1. The van der Waals surface area contributed by atoms with Crippen molar-refractivity contribution in [2.75, 3.05) is 38.3 Å². The second kappa shape index (κ2) is 12.9. The maximum Gasteiger partial charge on any atom is 0.314 e. The van der Waals surface area contributed by atoms with E-state index in [1.807, 2.05) is 0 Å². The molecule has 4 aromatic rings. The first-order valence-corrected chi connectivity index (χ1v) is 17.5. The van der Waals surface area contributed by atoms with Crippen molar-refractivity contribution in [1.82, 2.24) is 29.5 Å². The van der Waals surface area contributed by atoms with Crippen molar-refractivity contribution in [3.8, 4) is 0 Å². The first kappa shape index (κ1) is 31.0. The van der Waals surface area contributed by atoms with Gasteiger partial charge in [0, 0.05) is 25.1 Å². The Morgan fingerprint density at radius 2 is 1.89 bits per heavy atom. The number of thiazole rings is 1. The second-order valence-electron chi connectivity index (χ2n) is 13.6. The maximum atomic E-state index is 13.9. The van der Waals surface area contributed by atoms with Gasteiger partial charge < -0.3 is 25.6 Å². The Hall–Kier alpha value is -3.61. The quantitative estimate of drug-likeness (QED) is 0.259. The van der Waals surface area contributed by atoms with Crippen LogP contribution >= 0.6 is 11.3 Å². The van der Waals surface area contributed by atoms with E-state index < -0.39 is 11.8 Å². The smallest absolute Gasteiger partial charge is 0.314 e. The van der Waals surface area contributed by atoms with Crippen molar-refractivity contribution in [2.45, 2.75) is 88.9 Å². The van der Waals surface area contributed by atoms with E-state index in [4.69, 9.17) is 15.5 Å². The number of piperidine rings is 1. The number of carbonyl (C=O) groups excluding carboxylic acids is 2. The lowest BCUT2D eigenvalue weighted by molar-refractivity contribution is -0.146. The SMILES string of the molecule is CC1CCC(c2ccc3sc(C4CCC(N(C)C)CC4)nc3c2)N(C(=O)C(=O)Nc2cnc(N)c3cnn(C4CCCCO4)c23)C1. The largest absolute Gasteiger partial charge is 0.383 e. The number of aromatic nitrogens is 4. The van der Waals surface area contributed by atoms with Gasteiger partial charge in [-0.25, -0.2) is 14.6 Å². The second-order valence-corrected chi connectivity index (χ2v) is 14.7. The lowest BCUT2D eigenvalue weighted by Gasteiger charge is -2.38. The summed E-state index contributed by atoms with van der Waals surface area (Å²) >= 11 is 1.80. The highest BCUT2D eigenvalue weighted by atomic mass is 32.1. The van der Waals surface area contributed by atoms with E-state index in [2.05, 4.69) is 59.5 Å². The molecule has 0 spiro atoms. The Morgan fingerprint density at radius 1 is 1.07 bits per heavy atom. The molecule has 11 nitrogen and oxygen atoms in total. The predicted molar refractivity (Wildman–Crippen MR) is 181 cm³/mol. The van der Waals surface area contributed by atoms with Gasteiger partial charge >= 0.3 is 11.8 Å². The van der Waals surface area contributed by atoms with E-state index in [1.165, 1.54) is 28.7 Å². The summed E-state index contributed by atoms with van der Waals surface area (Å²) in [6.07, 6.45) is 12.2. The summed E-state index contributed by atoms with van der Waals surface area (Å²) in [6, 6.07) is 6.84. The number of nitrogens with two attached hydrogens (primary N) is 1. The van der Waals surface area contributed by atoms with Gasteiger partial charge in [0.05, 0.1) is 44.7 Å². The number of carbonyl (C=O) groups is 2. The fourth-order valence-electron chi connectivity index (χ4n) is 7.52. The molecule has 3 atom stereocenters. The number of amides is 2. The van der Waals surface area contributed by atoms with Crippen LogP contribution in [0, 0.1) is 5.92 Å². The van der Waals surface area contributed by atoms with E-state index in [0.29, 0.717) is 47.5 Å². The molecule has 3 fully saturated rings. The van der Waals surface area contributed by atoms with Crippen LogP contribution in [0.15, 0.2) is 30.6 Å². The van der Waals surface area contributed by atoms with Gasteiger partial charge in [0.15, 0.2) is 6.23 Å². The molecule has 244 valence electrons. The number of nitrogens with zero attached hydrogens (tertiary/aromatic N) is 6. The van der Waals surface area contributed by atoms with Gasteiger partial charge in [-0.05, 0) is 95.5 Å². The molecule has 3 aliphatic rings. The number of benzene rings is 1. The first-order chi connectivity index (χ1) is 22.3. The lowest BCUT2D eigenvalue weighted by Crippen LogP contribution is -2.46. The van der Waals surface area contributed by atoms with Crippen LogP contribution in [0.5, 0.6) is 0 Å². The monoisotopic (exact) mass is 644 g/mol. The van der Waals surface area contributed by atoms with Crippen LogP contribution in [0.1, 0.15) is 93.5 Å².